The number of carbonyl (C=O) groups excluding carboxylic acids is 1. The lowest BCUT2D eigenvalue weighted by Crippen LogP contribution is -2.34. The summed E-state index contributed by atoms with van der Waals surface area (Å²) in [6.07, 6.45) is 3.52. The van der Waals surface area contributed by atoms with Crippen molar-refractivity contribution >= 4 is 5.91 Å². The third-order valence-corrected chi connectivity index (χ3v) is 5.57. The Kier molecular flexibility index (Phi) is 5.36. The van der Waals surface area contributed by atoms with E-state index in [2.05, 4.69) is 21.3 Å². The summed E-state index contributed by atoms with van der Waals surface area (Å²) in [5, 5.41) is 3.05. The van der Waals surface area contributed by atoms with Crippen molar-refractivity contribution in [1.29, 1.82) is 0 Å². The van der Waals surface area contributed by atoms with E-state index in [9.17, 15) is 4.79 Å². The molecule has 2 fully saturated rings. The van der Waals surface area contributed by atoms with Crippen molar-refractivity contribution in [3.63, 3.8) is 0 Å². The maximum Gasteiger partial charge on any atom is 0.251 e. The molecular formula is C21H25N3O3. The van der Waals surface area contributed by atoms with Crippen molar-refractivity contribution < 1.29 is 14.3 Å². The second kappa shape index (κ2) is 8.06. The summed E-state index contributed by atoms with van der Waals surface area (Å²) < 4.78 is 11.5. The van der Waals surface area contributed by atoms with E-state index in [0.29, 0.717) is 30.6 Å². The van der Waals surface area contributed by atoms with Crippen LogP contribution in [0, 0.1) is 11.8 Å². The molecule has 1 N–H and O–H groups in total. The number of hydrogen-bond donors (Lipinski definition) is 1. The summed E-state index contributed by atoms with van der Waals surface area (Å²) in [6, 6.07) is 11.6. The van der Waals surface area contributed by atoms with Crippen LogP contribution in [0.3, 0.4) is 0 Å². The number of pyridine rings is 1. The van der Waals surface area contributed by atoms with Gasteiger partial charge in [0.05, 0.1) is 19.8 Å². The SMILES string of the molecule is COc1ccccc1CN1C[C@@H]2[C@H](CNC(=O)c3ccncc3)CO[C@@H]2C1. The van der Waals surface area contributed by atoms with Crippen molar-refractivity contribution in [3.8, 4) is 5.75 Å². The highest BCUT2D eigenvalue weighted by Gasteiger charge is 2.43. The van der Waals surface area contributed by atoms with E-state index in [4.69, 9.17) is 9.47 Å². The zero-order chi connectivity index (χ0) is 18.6. The predicted molar refractivity (Wildman–Crippen MR) is 102 cm³/mol. The van der Waals surface area contributed by atoms with Crippen LogP contribution in [0.5, 0.6) is 5.75 Å². The van der Waals surface area contributed by atoms with Crippen LogP contribution >= 0.6 is 0 Å². The molecule has 2 aliphatic heterocycles. The number of rotatable bonds is 6. The Morgan fingerprint density at radius 3 is 2.89 bits per heavy atom. The number of hydrogen-bond acceptors (Lipinski definition) is 5. The first-order valence-electron chi connectivity index (χ1n) is 9.38. The van der Waals surface area contributed by atoms with E-state index in [0.717, 1.165) is 25.4 Å². The molecule has 0 saturated carbocycles. The van der Waals surface area contributed by atoms with Crippen LogP contribution in [-0.2, 0) is 11.3 Å². The third-order valence-electron chi connectivity index (χ3n) is 5.57. The van der Waals surface area contributed by atoms with Crippen LogP contribution in [0.15, 0.2) is 48.8 Å². The van der Waals surface area contributed by atoms with Crippen LogP contribution in [0.25, 0.3) is 0 Å². The molecule has 0 bridgehead atoms. The van der Waals surface area contributed by atoms with E-state index in [1.807, 2.05) is 18.2 Å². The maximum absolute atomic E-state index is 12.3. The molecule has 0 spiro atoms. The van der Waals surface area contributed by atoms with Crippen molar-refractivity contribution in [1.82, 2.24) is 15.2 Å². The molecule has 0 unspecified atom stereocenters. The minimum atomic E-state index is -0.0512. The van der Waals surface area contributed by atoms with Gasteiger partial charge in [0.25, 0.3) is 5.91 Å². The Morgan fingerprint density at radius 2 is 2.07 bits per heavy atom. The number of carbonyl (C=O) groups is 1. The number of amides is 1. The molecule has 2 saturated heterocycles. The van der Waals surface area contributed by atoms with E-state index in [-0.39, 0.29) is 12.0 Å². The summed E-state index contributed by atoms with van der Waals surface area (Å²) >= 11 is 0. The Hall–Kier alpha value is -2.44. The summed E-state index contributed by atoms with van der Waals surface area (Å²) in [6.45, 7) is 4.13. The minimum Gasteiger partial charge on any atom is -0.496 e. The van der Waals surface area contributed by atoms with Gasteiger partial charge in [0.15, 0.2) is 0 Å². The highest BCUT2D eigenvalue weighted by molar-refractivity contribution is 5.93. The van der Waals surface area contributed by atoms with Gasteiger partial charge in [-0.05, 0) is 18.2 Å². The summed E-state index contributed by atoms with van der Waals surface area (Å²) in [4.78, 5) is 18.6. The van der Waals surface area contributed by atoms with Gasteiger partial charge in [0, 0.05) is 61.5 Å². The molecule has 1 amide bonds. The fraction of sp³-hybridized carbons (Fsp3) is 0.429. The predicted octanol–water partition coefficient (Wildman–Crippen LogP) is 1.97. The van der Waals surface area contributed by atoms with Crippen molar-refractivity contribution in [2.24, 2.45) is 11.8 Å². The third kappa shape index (κ3) is 3.96. The fourth-order valence-corrected chi connectivity index (χ4v) is 4.12. The number of benzene rings is 1. The van der Waals surface area contributed by atoms with Gasteiger partial charge in [-0.2, -0.15) is 0 Å². The first-order valence-corrected chi connectivity index (χ1v) is 9.38. The molecule has 4 rings (SSSR count). The Balaban J connectivity index is 1.32. The lowest BCUT2D eigenvalue weighted by Gasteiger charge is -2.21. The molecule has 3 heterocycles. The van der Waals surface area contributed by atoms with E-state index >= 15 is 0 Å². The molecule has 6 heteroatoms. The van der Waals surface area contributed by atoms with Gasteiger partial charge in [0.2, 0.25) is 0 Å². The van der Waals surface area contributed by atoms with E-state index in [1.165, 1.54) is 5.56 Å². The van der Waals surface area contributed by atoms with Crippen LogP contribution in [0.4, 0.5) is 0 Å². The number of nitrogens with zero attached hydrogens (tertiary/aromatic N) is 2. The largest absolute Gasteiger partial charge is 0.496 e. The zero-order valence-electron chi connectivity index (χ0n) is 15.5. The smallest absolute Gasteiger partial charge is 0.251 e. The number of para-hydroxylation sites is 1. The normalized spacial score (nSPS) is 24.6. The van der Waals surface area contributed by atoms with Gasteiger partial charge in [-0.3, -0.25) is 14.7 Å². The first-order chi connectivity index (χ1) is 13.2. The average molecular weight is 367 g/mol. The number of nitrogens with one attached hydrogen (secondary N) is 1. The second-order valence-corrected chi connectivity index (χ2v) is 7.25. The zero-order valence-corrected chi connectivity index (χ0v) is 15.5. The molecule has 3 atom stereocenters. The van der Waals surface area contributed by atoms with Crippen molar-refractivity contribution in [3.05, 3.63) is 59.9 Å². The quantitative estimate of drug-likeness (QED) is 0.846. The van der Waals surface area contributed by atoms with Gasteiger partial charge in [-0.25, -0.2) is 0 Å². The molecule has 6 nitrogen and oxygen atoms in total. The lowest BCUT2D eigenvalue weighted by molar-refractivity contribution is 0.0903. The van der Waals surface area contributed by atoms with Crippen molar-refractivity contribution in [2.45, 2.75) is 12.6 Å². The highest BCUT2D eigenvalue weighted by atomic mass is 16.5. The molecule has 0 aliphatic carbocycles. The van der Waals surface area contributed by atoms with Gasteiger partial charge in [-0.1, -0.05) is 18.2 Å². The van der Waals surface area contributed by atoms with Crippen LogP contribution in [0.2, 0.25) is 0 Å². The van der Waals surface area contributed by atoms with Crippen molar-refractivity contribution in [2.75, 3.05) is 33.4 Å². The fourth-order valence-electron chi connectivity index (χ4n) is 4.12. The standard InChI is InChI=1S/C21H25N3O3/c1-26-19-5-3-2-4-16(19)11-24-12-18-17(14-27-20(18)13-24)10-23-21(25)15-6-8-22-9-7-15/h2-9,17-18,20H,10-14H2,1H3,(H,23,25)/t17-,18-,20-/m1/s1. The topological polar surface area (TPSA) is 63.7 Å². The van der Waals surface area contributed by atoms with Gasteiger partial charge in [-0.15, -0.1) is 0 Å². The Bertz CT molecular complexity index is 783. The number of aromatic nitrogens is 1. The molecule has 142 valence electrons. The summed E-state index contributed by atoms with van der Waals surface area (Å²) in [5.74, 6) is 1.68. The Morgan fingerprint density at radius 1 is 1.26 bits per heavy atom. The van der Waals surface area contributed by atoms with Crippen LogP contribution in [0.1, 0.15) is 15.9 Å². The first kappa shape index (κ1) is 17.9. The molecule has 1 aromatic heterocycles. The van der Waals surface area contributed by atoms with Gasteiger partial charge in [0.1, 0.15) is 5.75 Å². The monoisotopic (exact) mass is 367 g/mol. The highest BCUT2D eigenvalue weighted by Crippen LogP contribution is 2.34. The summed E-state index contributed by atoms with van der Waals surface area (Å²) in [7, 11) is 1.71. The van der Waals surface area contributed by atoms with Crippen LogP contribution in [-0.4, -0.2) is 55.2 Å². The van der Waals surface area contributed by atoms with Gasteiger partial charge < -0.3 is 14.8 Å². The van der Waals surface area contributed by atoms with Gasteiger partial charge >= 0.3 is 0 Å². The molecule has 0 radical (unpaired) electrons. The number of ether oxygens (including phenoxy) is 2. The van der Waals surface area contributed by atoms with E-state index < -0.39 is 0 Å². The minimum absolute atomic E-state index is 0.0512. The average Bonchev–Trinajstić information content (AvgIpc) is 3.27. The number of methoxy groups -OCH3 is 1. The molecule has 2 aliphatic rings. The lowest BCUT2D eigenvalue weighted by atomic mass is 9.93. The molecule has 27 heavy (non-hydrogen) atoms. The number of likely N-dealkylation sites (tertiary alicyclic amines) is 1. The van der Waals surface area contributed by atoms with Crippen LogP contribution < -0.4 is 10.1 Å². The molecular weight excluding hydrogens is 342 g/mol. The molecule has 1 aromatic carbocycles. The van der Waals surface area contributed by atoms with E-state index in [1.54, 1.807) is 31.6 Å². The molecule has 2 aromatic rings. The summed E-state index contributed by atoms with van der Waals surface area (Å²) in [5.41, 5.74) is 1.84. The second-order valence-electron chi connectivity index (χ2n) is 7.25. The maximum atomic E-state index is 12.3. The number of fused-ring (bicyclic) bond motifs is 1. The Labute approximate surface area is 159 Å².